The highest BCUT2D eigenvalue weighted by molar-refractivity contribution is 5.66. The number of carbonyl (C=O) groups is 1. The summed E-state index contributed by atoms with van der Waals surface area (Å²) in [6.45, 7) is 2.25. The molecule has 0 amide bonds. The fourth-order valence-corrected chi connectivity index (χ4v) is 3.55. The van der Waals surface area contributed by atoms with Crippen LogP contribution in [0.3, 0.4) is 0 Å². The van der Waals surface area contributed by atoms with E-state index in [1.807, 2.05) is 0 Å². The molecule has 0 bridgehead atoms. The molecule has 0 aliphatic heterocycles. The van der Waals surface area contributed by atoms with Gasteiger partial charge < -0.3 is 10.2 Å². The van der Waals surface area contributed by atoms with Crippen molar-refractivity contribution in [2.24, 2.45) is 0 Å². The standard InChI is InChI=1S/C23H46O3/c1-2-3-4-5-13-16-19-22(24)20-17-14-11-9-7-6-8-10-12-15-18-21-23(25)26/h22,24H,2-21H2,1H3,(H,25,26). The van der Waals surface area contributed by atoms with Crippen LogP contribution in [-0.4, -0.2) is 22.3 Å². The van der Waals surface area contributed by atoms with Crippen LogP contribution in [-0.2, 0) is 4.79 Å². The topological polar surface area (TPSA) is 57.5 Å². The molecule has 1 atom stereocenters. The summed E-state index contributed by atoms with van der Waals surface area (Å²) >= 11 is 0. The van der Waals surface area contributed by atoms with E-state index >= 15 is 0 Å². The average Bonchev–Trinajstić information content (AvgIpc) is 2.61. The molecule has 0 rings (SSSR count). The van der Waals surface area contributed by atoms with Gasteiger partial charge in [0.15, 0.2) is 0 Å². The maximum Gasteiger partial charge on any atom is 0.303 e. The van der Waals surface area contributed by atoms with Crippen molar-refractivity contribution in [2.75, 3.05) is 0 Å². The molecule has 0 aromatic heterocycles. The molecule has 26 heavy (non-hydrogen) atoms. The van der Waals surface area contributed by atoms with Crippen molar-refractivity contribution in [3.05, 3.63) is 0 Å². The molecule has 2 N–H and O–H groups in total. The summed E-state index contributed by atoms with van der Waals surface area (Å²) in [5.41, 5.74) is 0. The Labute approximate surface area is 163 Å². The largest absolute Gasteiger partial charge is 0.481 e. The van der Waals surface area contributed by atoms with Gasteiger partial charge in [0.2, 0.25) is 0 Å². The van der Waals surface area contributed by atoms with E-state index in [-0.39, 0.29) is 6.10 Å². The monoisotopic (exact) mass is 370 g/mol. The van der Waals surface area contributed by atoms with Crippen LogP contribution in [0.4, 0.5) is 0 Å². The summed E-state index contributed by atoms with van der Waals surface area (Å²) in [4.78, 5) is 10.4. The summed E-state index contributed by atoms with van der Waals surface area (Å²) in [6.07, 6.45) is 23.4. The first kappa shape index (κ1) is 25.4. The predicted molar refractivity (Wildman–Crippen MR) is 112 cm³/mol. The Balaban J connectivity index is 3.12. The lowest BCUT2D eigenvalue weighted by Gasteiger charge is -2.10. The number of unbranched alkanes of at least 4 members (excludes halogenated alkanes) is 15. The number of hydrogen-bond acceptors (Lipinski definition) is 2. The normalized spacial score (nSPS) is 12.4. The maximum atomic E-state index is 10.4. The molecule has 0 spiro atoms. The average molecular weight is 371 g/mol. The molecule has 0 fully saturated rings. The van der Waals surface area contributed by atoms with Crippen LogP contribution < -0.4 is 0 Å². The van der Waals surface area contributed by atoms with E-state index in [1.54, 1.807) is 0 Å². The fourth-order valence-electron chi connectivity index (χ4n) is 3.55. The molecule has 0 radical (unpaired) electrons. The minimum Gasteiger partial charge on any atom is -0.481 e. The number of aliphatic hydroxyl groups excluding tert-OH is 1. The van der Waals surface area contributed by atoms with Crippen molar-refractivity contribution in [1.82, 2.24) is 0 Å². The second-order valence-electron chi connectivity index (χ2n) is 8.03. The summed E-state index contributed by atoms with van der Waals surface area (Å²) < 4.78 is 0. The zero-order chi connectivity index (χ0) is 19.3. The number of hydrogen-bond donors (Lipinski definition) is 2. The van der Waals surface area contributed by atoms with E-state index < -0.39 is 5.97 Å². The van der Waals surface area contributed by atoms with Crippen molar-refractivity contribution in [2.45, 2.75) is 141 Å². The zero-order valence-electron chi connectivity index (χ0n) is 17.5. The third-order valence-electron chi connectivity index (χ3n) is 5.32. The lowest BCUT2D eigenvalue weighted by atomic mass is 10.0. The Hall–Kier alpha value is -0.570. The lowest BCUT2D eigenvalue weighted by Crippen LogP contribution is -2.05. The number of rotatable bonds is 21. The highest BCUT2D eigenvalue weighted by atomic mass is 16.4. The van der Waals surface area contributed by atoms with Crippen molar-refractivity contribution >= 4 is 5.97 Å². The highest BCUT2D eigenvalue weighted by Gasteiger charge is 2.03. The van der Waals surface area contributed by atoms with E-state index in [2.05, 4.69) is 6.92 Å². The third-order valence-corrected chi connectivity index (χ3v) is 5.32. The van der Waals surface area contributed by atoms with Crippen molar-refractivity contribution in [3.63, 3.8) is 0 Å². The molecule has 0 saturated heterocycles. The van der Waals surface area contributed by atoms with Crippen LogP contribution in [0.1, 0.15) is 135 Å². The van der Waals surface area contributed by atoms with Crippen molar-refractivity contribution in [1.29, 1.82) is 0 Å². The van der Waals surface area contributed by atoms with Gasteiger partial charge in [0.1, 0.15) is 0 Å². The van der Waals surface area contributed by atoms with Gasteiger partial charge in [0.25, 0.3) is 0 Å². The summed E-state index contributed by atoms with van der Waals surface area (Å²) in [6, 6.07) is 0. The van der Waals surface area contributed by atoms with Gasteiger partial charge >= 0.3 is 5.97 Å². The molecule has 0 saturated carbocycles. The molecule has 3 nitrogen and oxygen atoms in total. The van der Waals surface area contributed by atoms with Gasteiger partial charge in [-0.05, 0) is 19.3 Å². The lowest BCUT2D eigenvalue weighted by molar-refractivity contribution is -0.137. The SMILES string of the molecule is CCCCCCCCC(O)CCCCCCCCCCCCCC(=O)O. The summed E-state index contributed by atoms with van der Waals surface area (Å²) in [7, 11) is 0. The van der Waals surface area contributed by atoms with Crippen molar-refractivity contribution < 1.29 is 15.0 Å². The molecule has 0 aliphatic rings. The Bertz CT molecular complexity index is 291. The van der Waals surface area contributed by atoms with Gasteiger partial charge in [-0.15, -0.1) is 0 Å². The van der Waals surface area contributed by atoms with Gasteiger partial charge in [-0.25, -0.2) is 0 Å². The number of aliphatic carboxylic acids is 1. The molecular formula is C23H46O3. The Kier molecular flexibility index (Phi) is 20.3. The number of carboxylic acid groups (broad SMARTS) is 1. The molecule has 0 aromatic carbocycles. The van der Waals surface area contributed by atoms with Crippen LogP contribution in [0.5, 0.6) is 0 Å². The smallest absolute Gasteiger partial charge is 0.303 e. The highest BCUT2D eigenvalue weighted by Crippen LogP contribution is 2.15. The first-order valence-corrected chi connectivity index (χ1v) is 11.6. The second-order valence-corrected chi connectivity index (χ2v) is 8.03. The van der Waals surface area contributed by atoms with Gasteiger partial charge in [-0.1, -0.05) is 110 Å². The van der Waals surface area contributed by atoms with E-state index in [4.69, 9.17) is 5.11 Å². The van der Waals surface area contributed by atoms with Gasteiger partial charge in [0, 0.05) is 6.42 Å². The second kappa shape index (κ2) is 20.7. The van der Waals surface area contributed by atoms with Crippen LogP contribution in [0.15, 0.2) is 0 Å². The Morgan fingerprint density at radius 3 is 1.35 bits per heavy atom. The van der Waals surface area contributed by atoms with E-state index in [0.717, 1.165) is 25.7 Å². The Morgan fingerprint density at radius 1 is 0.615 bits per heavy atom. The number of carboxylic acids is 1. The van der Waals surface area contributed by atoms with Gasteiger partial charge in [0.05, 0.1) is 6.10 Å². The summed E-state index contributed by atoms with van der Waals surface area (Å²) in [5.74, 6) is -0.667. The number of aliphatic hydroxyl groups is 1. The van der Waals surface area contributed by atoms with Crippen LogP contribution >= 0.6 is 0 Å². The minimum absolute atomic E-state index is 0.0673. The summed E-state index contributed by atoms with van der Waals surface area (Å²) in [5, 5.41) is 18.6. The van der Waals surface area contributed by atoms with E-state index in [0.29, 0.717) is 6.42 Å². The van der Waals surface area contributed by atoms with Gasteiger partial charge in [-0.3, -0.25) is 4.79 Å². The zero-order valence-corrected chi connectivity index (χ0v) is 17.5. The van der Waals surface area contributed by atoms with Crippen molar-refractivity contribution in [3.8, 4) is 0 Å². The van der Waals surface area contributed by atoms with Crippen LogP contribution in [0.2, 0.25) is 0 Å². The Morgan fingerprint density at radius 2 is 0.962 bits per heavy atom. The molecule has 156 valence electrons. The van der Waals surface area contributed by atoms with Crippen LogP contribution in [0.25, 0.3) is 0 Å². The first-order chi connectivity index (χ1) is 12.7. The minimum atomic E-state index is -0.667. The maximum absolute atomic E-state index is 10.4. The predicted octanol–water partition coefficient (Wildman–Crippen LogP) is 7.25. The fraction of sp³-hybridized carbons (Fsp3) is 0.957. The third kappa shape index (κ3) is 21.5. The molecule has 0 aromatic rings. The first-order valence-electron chi connectivity index (χ1n) is 11.6. The quantitative estimate of drug-likeness (QED) is 0.209. The molecule has 1 unspecified atom stereocenters. The van der Waals surface area contributed by atoms with E-state index in [1.165, 1.54) is 96.3 Å². The van der Waals surface area contributed by atoms with Crippen LogP contribution in [0, 0.1) is 0 Å². The molecule has 0 heterocycles. The van der Waals surface area contributed by atoms with Gasteiger partial charge in [-0.2, -0.15) is 0 Å². The molecule has 3 heteroatoms. The molecular weight excluding hydrogens is 324 g/mol. The van der Waals surface area contributed by atoms with E-state index in [9.17, 15) is 9.90 Å². The molecule has 0 aliphatic carbocycles.